The van der Waals surface area contributed by atoms with Crippen LogP contribution in [0, 0.1) is 0 Å². The van der Waals surface area contributed by atoms with Gasteiger partial charge in [0.05, 0.1) is 54.5 Å². The van der Waals surface area contributed by atoms with E-state index in [4.69, 9.17) is 4.74 Å². The zero-order chi connectivity index (χ0) is 39.3. The summed E-state index contributed by atoms with van der Waals surface area (Å²) < 4.78 is 10.6. The number of ether oxygens (including phenoxy) is 1. The molecule has 4 heterocycles. The van der Waals surface area contributed by atoms with Gasteiger partial charge in [-0.2, -0.15) is 0 Å². The molecule has 0 aliphatic heterocycles. The van der Waals surface area contributed by atoms with Gasteiger partial charge in [-0.25, -0.2) is 9.13 Å². The maximum absolute atomic E-state index is 13.5. The van der Waals surface area contributed by atoms with Gasteiger partial charge in [-0.1, -0.05) is 38.5 Å². The fourth-order valence-corrected chi connectivity index (χ4v) is 9.26. The zero-order valence-electron chi connectivity index (χ0n) is 30.6. The Morgan fingerprint density at radius 1 is 0.351 bits per heavy atom. The lowest BCUT2D eigenvalue weighted by molar-refractivity contribution is 0.344. The minimum atomic E-state index is -0.601. The normalized spacial score (nSPS) is 15.8. The Bertz CT molecular complexity index is 3010. The average Bonchev–Trinajstić information content (AvgIpc) is 3.83. The number of fused-ring (bicyclic) bond motifs is 4. The van der Waals surface area contributed by atoms with Gasteiger partial charge >= 0.3 is 0 Å². The van der Waals surface area contributed by atoms with Gasteiger partial charge < -0.3 is 4.74 Å². The van der Waals surface area contributed by atoms with Gasteiger partial charge in [0, 0.05) is 12.1 Å². The minimum absolute atomic E-state index is 0.0660. The first-order chi connectivity index (χ1) is 27.6. The van der Waals surface area contributed by atoms with E-state index in [1.165, 1.54) is 33.4 Å². The molecule has 284 valence electrons. The van der Waals surface area contributed by atoms with Gasteiger partial charge in [0.15, 0.2) is 0 Å². The van der Waals surface area contributed by atoms with E-state index in [2.05, 4.69) is 0 Å². The molecular formula is C44H34N4O9. The van der Waals surface area contributed by atoms with E-state index in [1.54, 1.807) is 48.5 Å². The Kier molecular flexibility index (Phi) is 7.86. The first kappa shape index (κ1) is 34.7. The molecule has 0 atom stereocenters. The maximum Gasteiger partial charge on any atom is 0.266 e. The fourth-order valence-electron chi connectivity index (χ4n) is 9.26. The molecule has 0 amide bonds. The van der Waals surface area contributed by atoms with Crippen LogP contribution in [0.15, 0.2) is 111 Å². The van der Waals surface area contributed by atoms with Crippen LogP contribution in [0.5, 0.6) is 11.5 Å². The molecule has 10 rings (SSSR count). The quantitative estimate of drug-likeness (QED) is 0.229. The number of benzene rings is 4. The first-order valence-electron chi connectivity index (χ1n) is 19.4. The molecule has 2 aliphatic carbocycles. The molecule has 2 fully saturated rings. The van der Waals surface area contributed by atoms with Crippen molar-refractivity contribution < 1.29 is 4.74 Å². The molecule has 0 N–H and O–H groups in total. The van der Waals surface area contributed by atoms with Crippen LogP contribution in [-0.2, 0) is 0 Å². The molecule has 8 aromatic rings. The molecule has 4 aromatic carbocycles. The van der Waals surface area contributed by atoms with Crippen molar-refractivity contribution in [3.63, 3.8) is 0 Å². The van der Waals surface area contributed by atoms with Crippen molar-refractivity contribution in [1.29, 1.82) is 0 Å². The number of aromatic nitrogens is 4. The van der Waals surface area contributed by atoms with E-state index in [1.807, 2.05) is 0 Å². The molecule has 0 spiro atoms. The summed E-state index contributed by atoms with van der Waals surface area (Å²) in [6, 6.07) is 17.6. The van der Waals surface area contributed by atoms with Crippen molar-refractivity contribution in [3.8, 4) is 22.9 Å². The fraction of sp³-hybridized carbons (Fsp3) is 0.273. The molecule has 13 nitrogen and oxygen atoms in total. The van der Waals surface area contributed by atoms with E-state index < -0.39 is 44.5 Å². The lowest BCUT2D eigenvalue weighted by atomic mass is 9.95. The second-order valence-electron chi connectivity index (χ2n) is 15.4. The standard InChI is InChI=1S/C44H34N4O9/c49-37-29-19-33-34(20-30(29)38(50)45(37)23-7-3-1-4-8-23)42(54)47(41(33)53)25-11-15-27(16-12-25)57-28-17-13-26(14-18-28)48-43(55)35-21-31-32(22-36(35)44(48)56)40(52)46(39(31)51)24-9-5-2-6-10-24/h11-24H,1-10H2. The van der Waals surface area contributed by atoms with Gasteiger partial charge in [-0.3, -0.25) is 47.5 Å². The van der Waals surface area contributed by atoms with Crippen molar-refractivity contribution >= 4 is 43.1 Å². The van der Waals surface area contributed by atoms with Gasteiger partial charge in [-0.15, -0.1) is 0 Å². The number of hydrogen-bond donors (Lipinski definition) is 0. The molecular weight excluding hydrogens is 729 g/mol. The largest absolute Gasteiger partial charge is 0.457 e. The van der Waals surface area contributed by atoms with E-state index in [9.17, 15) is 38.4 Å². The second-order valence-corrected chi connectivity index (χ2v) is 15.4. The Labute approximate surface area is 320 Å². The smallest absolute Gasteiger partial charge is 0.266 e. The topological polar surface area (TPSA) is 166 Å². The highest BCUT2D eigenvalue weighted by Gasteiger charge is 2.27. The van der Waals surface area contributed by atoms with Crippen molar-refractivity contribution in [1.82, 2.24) is 18.3 Å². The van der Waals surface area contributed by atoms with Crippen LogP contribution >= 0.6 is 0 Å². The highest BCUT2D eigenvalue weighted by Crippen LogP contribution is 2.29. The van der Waals surface area contributed by atoms with Gasteiger partial charge in [0.1, 0.15) is 11.5 Å². The van der Waals surface area contributed by atoms with Crippen LogP contribution in [-0.4, -0.2) is 18.3 Å². The van der Waals surface area contributed by atoms with Crippen molar-refractivity contribution in [3.05, 3.63) is 156 Å². The van der Waals surface area contributed by atoms with Crippen molar-refractivity contribution in [2.45, 2.75) is 76.3 Å². The van der Waals surface area contributed by atoms with Gasteiger partial charge in [0.25, 0.3) is 44.5 Å². The molecule has 2 saturated carbocycles. The van der Waals surface area contributed by atoms with E-state index in [0.717, 1.165) is 73.3 Å². The first-order valence-corrected chi connectivity index (χ1v) is 19.4. The SMILES string of the molecule is O=c1c2cc3c(=O)n(C4CCCCC4)c(=O)c3cc2c(=O)n1-c1ccc(Oc2ccc(-n3c(=O)c4cc5c(=O)n(C6CCCCC6)c(=O)c5cc4c3=O)cc2)cc1. The molecule has 0 radical (unpaired) electrons. The third kappa shape index (κ3) is 5.21. The predicted octanol–water partition coefficient (Wildman–Crippen LogP) is 4.92. The van der Waals surface area contributed by atoms with Crippen LogP contribution in [0.4, 0.5) is 0 Å². The third-order valence-corrected chi connectivity index (χ3v) is 12.2. The lowest BCUT2D eigenvalue weighted by Gasteiger charge is -2.21. The monoisotopic (exact) mass is 762 g/mol. The Morgan fingerprint density at radius 2 is 0.614 bits per heavy atom. The number of hydrogen-bond acceptors (Lipinski definition) is 9. The Balaban J connectivity index is 0.918. The Hall–Kier alpha value is -6.76. The second kappa shape index (κ2) is 12.9. The van der Waals surface area contributed by atoms with Crippen molar-refractivity contribution in [2.75, 3.05) is 0 Å². The predicted molar refractivity (Wildman–Crippen MR) is 217 cm³/mol. The van der Waals surface area contributed by atoms with Gasteiger partial charge in [0.2, 0.25) is 0 Å². The Morgan fingerprint density at radius 3 is 0.895 bits per heavy atom. The summed E-state index contributed by atoms with van der Waals surface area (Å²) in [7, 11) is 0. The highest BCUT2D eigenvalue weighted by molar-refractivity contribution is 5.99. The van der Waals surface area contributed by atoms with E-state index in [-0.39, 0.29) is 66.5 Å². The van der Waals surface area contributed by atoms with Crippen LogP contribution < -0.4 is 49.2 Å². The maximum atomic E-state index is 13.5. The van der Waals surface area contributed by atoms with Crippen molar-refractivity contribution in [2.24, 2.45) is 0 Å². The molecule has 57 heavy (non-hydrogen) atoms. The molecule has 0 saturated heterocycles. The summed E-state index contributed by atoms with van der Waals surface area (Å²) in [6.07, 6.45) is 8.85. The molecule has 0 unspecified atom stereocenters. The summed E-state index contributed by atoms with van der Waals surface area (Å²) in [5.41, 5.74) is -3.58. The summed E-state index contributed by atoms with van der Waals surface area (Å²) in [5, 5.41) is 0.829. The van der Waals surface area contributed by atoms with E-state index in [0.29, 0.717) is 11.5 Å². The average molecular weight is 763 g/mol. The molecule has 4 aromatic heterocycles. The van der Waals surface area contributed by atoms with Crippen LogP contribution in [0.25, 0.3) is 54.5 Å². The lowest BCUT2D eigenvalue weighted by Crippen LogP contribution is -2.31. The summed E-state index contributed by atoms with van der Waals surface area (Å²) in [6.45, 7) is 0. The van der Waals surface area contributed by atoms with E-state index >= 15 is 0 Å². The molecule has 13 heteroatoms. The number of rotatable bonds is 6. The van der Waals surface area contributed by atoms with Gasteiger partial charge in [-0.05, 0) is 98.5 Å². The summed E-state index contributed by atoms with van der Waals surface area (Å²) in [5.74, 6) is 0.737. The summed E-state index contributed by atoms with van der Waals surface area (Å²) >= 11 is 0. The zero-order valence-corrected chi connectivity index (χ0v) is 30.6. The minimum Gasteiger partial charge on any atom is -0.457 e. The highest BCUT2D eigenvalue weighted by atomic mass is 16.5. The third-order valence-electron chi connectivity index (χ3n) is 12.2. The molecule has 2 aliphatic rings. The molecule has 0 bridgehead atoms. The van der Waals surface area contributed by atoms with Crippen LogP contribution in [0.3, 0.4) is 0 Å². The van der Waals surface area contributed by atoms with Crippen LogP contribution in [0.2, 0.25) is 0 Å². The summed E-state index contributed by atoms with van der Waals surface area (Å²) in [4.78, 5) is 108. The van der Waals surface area contributed by atoms with Crippen LogP contribution in [0.1, 0.15) is 76.3 Å². The number of nitrogens with zero attached hydrogens (tertiary/aromatic N) is 4.